The van der Waals surface area contributed by atoms with Gasteiger partial charge < -0.3 is 10.4 Å². The molecule has 0 aliphatic carbocycles. The van der Waals surface area contributed by atoms with Gasteiger partial charge in [-0.2, -0.15) is 0 Å². The van der Waals surface area contributed by atoms with Gasteiger partial charge in [-0.1, -0.05) is 30.3 Å². The van der Waals surface area contributed by atoms with Gasteiger partial charge in [0, 0.05) is 30.4 Å². The summed E-state index contributed by atoms with van der Waals surface area (Å²) in [6, 6.07) is 11.7. The van der Waals surface area contributed by atoms with E-state index in [0.29, 0.717) is 25.9 Å². The van der Waals surface area contributed by atoms with Crippen molar-refractivity contribution in [2.24, 2.45) is 5.92 Å². The van der Waals surface area contributed by atoms with Gasteiger partial charge in [0.25, 0.3) is 0 Å². The van der Waals surface area contributed by atoms with Crippen LogP contribution in [0.4, 0.5) is 0 Å². The first-order valence-corrected chi connectivity index (χ1v) is 11.6. The molecule has 1 fully saturated rings. The lowest BCUT2D eigenvalue weighted by molar-refractivity contribution is -0.126. The molecule has 1 amide bonds. The number of piperidine rings is 1. The van der Waals surface area contributed by atoms with E-state index in [0.717, 1.165) is 11.1 Å². The highest BCUT2D eigenvalue weighted by Gasteiger charge is 2.29. The molecule has 1 saturated heterocycles. The van der Waals surface area contributed by atoms with Crippen LogP contribution in [0.2, 0.25) is 0 Å². The SMILES string of the molecule is CS(=O)(=O)N1CCC(C(=O)NCC(O)c2ccc(-c3cccs3)cc2)CC1. The number of benzene rings is 1. The topological polar surface area (TPSA) is 86.7 Å². The monoisotopic (exact) mass is 408 g/mol. The van der Waals surface area contributed by atoms with Gasteiger partial charge in [-0.3, -0.25) is 4.79 Å². The van der Waals surface area contributed by atoms with Crippen LogP contribution in [0.1, 0.15) is 24.5 Å². The second kappa shape index (κ2) is 8.52. The van der Waals surface area contributed by atoms with Crippen molar-refractivity contribution >= 4 is 27.3 Å². The van der Waals surface area contributed by atoms with Crippen molar-refractivity contribution in [2.75, 3.05) is 25.9 Å². The van der Waals surface area contributed by atoms with Gasteiger partial charge in [0.15, 0.2) is 0 Å². The standard InChI is InChI=1S/C19H24N2O4S2/c1-27(24,25)21-10-8-16(9-11-21)19(23)20-13-17(22)14-4-6-15(7-5-14)18-3-2-12-26-18/h2-7,12,16-17,22H,8-11,13H2,1H3,(H,20,23). The average Bonchev–Trinajstić information content (AvgIpc) is 3.20. The fourth-order valence-electron chi connectivity index (χ4n) is 3.22. The number of carbonyl (C=O) groups is 1. The highest BCUT2D eigenvalue weighted by molar-refractivity contribution is 7.88. The molecule has 6 nitrogen and oxygen atoms in total. The molecule has 0 saturated carbocycles. The summed E-state index contributed by atoms with van der Waals surface area (Å²) in [6.45, 7) is 0.872. The fraction of sp³-hybridized carbons (Fsp3) is 0.421. The normalized spacial score (nSPS) is 17.6. The largest absolute Gasteiger partial charge is 0.387 e. The van der Waals surface area contributed by atoms with E-state index in [9.17, 15) is 18.3 Å². The first-order valence-electron chi connectivity index (χ1n) is 8.89. The number of nitrogens with zero attached hydrogens (tertiary/aromatic N) is 1. The third-order valence-corrected chi connectivity index (χ3v) is 7.09. The zero-order valence-electron chi connectivity index (χ0n) is 15.2. The van der Waals surface area contributed by atoms with E-state index in [1.807, 2.05) is 41.8 Å². The van der Waals surface area contributed by atoms with E-state index < -0.39 is 16.1 Å². The van der Waals surface area contributed by atoms with E-state index in [1.165, 1.54) is 15.4 Å². The maximum absolute atomic E-state index is 12.3. The van der Waals surface area contributed by atoms with Crippen molar-refractivity contribution < 1.29 is 18.3 Å². The molecule has 1 aliphatic rings. The number of nitrogens with one attached hydrogen (secondary N) is 1. The maximum atomic E-state index is 12.3. The Morgan fingerprint density at radius 3 is 2.48 bits per heavy atom. The van der Waals surface area contributed by atoms with Crippen LogP contribution in [0.3, 0.4) is 0 Å². The Bertz CT molecular complexity index is 856. The number of aliphatic hydroxyl groups excluding tert-OH is 1. The van der Waals surface area contributed by atoms with E-state index in [4.69, 9.17) is 0 Å². The highest BCUT2D eigenvalue weighted by atomic mass is 32.2. The summed E-state index contributed by atoms with van der Waals surface area (Å²) in [5, 5.41) is 15.2. The minimum Gasteiger partial charge on any atom is -0.387 e. The van der Waals surface area contributed by atoms with Crippen LogP contribution in [-0.4, -0.2) is 49.6 Å². The number of amides is 1. The third-order valence-electron chi connectivity index (χ3n) is 4.86. The molecular weight excluding hydrogens is 384 g/mol. The van der Waals surface area contributed by atoms with Crippen molar-refractivity contribution in [1.29, 1.82) is 0 Å². The Hall–Kier alpha value is -1.74. The van der Waals surface area contributed by atoms with Crippen molar-refractivity contribution in [1.82, 2.24) is 9.62 Å². The number of aliphatic hydroxyl groups is 1. The average molecular weight is 409 g/mol. The summed E-state index contributed by atoms with van der Waals surface area (Å²) in [4.78, 5) is 13.5. The molecule has 0 bridgehead atoms. The molecule has 1 aliphatic heterocycles. The second-order valence-corrected chi connectivity index (χ2v) is 9.73. The van der Waals surface area contributed by atoms with Crippen LogP contribution in [-0.2, 0) is 14.8 Å². The van der Waals surface area contributed by atoms with Gasteiger partial charge in [0.1, 0.15) is 0 Å². The lowest BCUT2D eigenvalue weighted by atomic mass is 9.97. The number of rotatable bonds is 6. The van der Waals surface area contributed by atoms with Gasteiger partial charge >= 0.3 is 0 Å². The molecule has 0 radical (unpaired) electrons. The summed E-state index contributed by atoms with van der Waals surface area (Å²) in [5.74, 6) is -0.339. The van der Waals surface area contributed by atoms with Gasteiger partial charge in [-0.25, -0.2) is 12.7 Å². The summed E-state index contributed by atoms with van der Waals surface area (Å²) < 4.78 is 24.5. The van der Waals surface area contributed by atoms with Crippen molar-refractivity contribution in [3.63, 3.8) is 0 Å². The molecular formula is C19H24N2O4S2. The van der Waals surface area contributed by atoms with Crippen LogP contribution >= 0.6 is 11.3 Å². The van der Waals surface area contributed by atoms with Crippen molar-refractivity contribution in [3.05, 3.63) is 47.3 Å². The Morgan fingerprint density at radius 1 is 1.26 bits per heavy atom. The van der Waals surface area contributed by atoms with Crippen LogP contribution < -0.4 is 5.32 Å². The first kappa shape index (κ1) is 20.0. The lowest BCUT2D eigenvalue weighted by Crippen LogP contribution is -2.43. The lowest BCUT2D eigenvalue weighted by Gasteiger charge is -2.29. The number of hydrogen-bond acceptors (Lipinski definition) is 5. The summed E-state index contributed by atoms with van der Waals surface area (Å²) >= 11 is 1.66. The van der Waals surface area contributed by atoms with Gasteiger partial charge in [0.2, 0.25) is 15.9 Å². The van der Waals surface area contributed by atoms with Gasteiger partial charge in [-0.15, -0.1) is 11.3 Å². The molecule has 1 aromatic heterocycles. The molecule has 8 heteroatoms. The second-order valence-electron chi connectivity index (χ2n) is 6.80. The Morgan fingerprint density at radius 2 is 1.93 bits per heavy atom. The molecule has 27 heavy (non-hydrogen) atoms. The van der Waals surface area contributed by atoms with Crippen molar-refractivity contribution in [3.8, 4) is 10.4 Å². The van der Waals surface area contributed by atoms with Crippen LogP contribution in [0.25, 0.3) is 10.4 Å². The van der Waals surface area contributed by atoms with Gasteiger partial charge in [-0.05, 0) is 35.4 Å². The number of sulfonamides is 1. The number of thiophene rings is 1. The summed E-state index contributed by atoms with van der Waals surface area (Å²) in [6.07, 6.45) is 1.42. The number of hydrogen-bond donors (Lipinski definition) is 2. The van der Waals surface area contributed by atoms with Crippen LogP contribution in [0.5, 0.6) is 0 Å². The quantitative estimate of drug-likeness (QED) is 0.767. The first-order chi connectivity index (χ1) is 12.8. The zero-order valence-corrected chi connectivity index (χ0v) is 16.8. The minimum atomic E-state index is -3.19. The molecule has 0 spiro atoms. The number of carbonyl (C=O) groups excluding carboxylic acids is 1. The molecule has 1 unspecified atom stereocenters. The predicted octanol–water partition coefficient (Wildman–Crippen LogP) is 2.24. The minimum absolute atomic E-state index is 0.127. The predicted molar refractivity (Wildman–Crippen MR) is 107 cm³/mol. The van der Waals surface area contributed by atoms with E-state index in [-0.39, 0.29) is 18.4 Å². The van der Waals surface area contributed by atoms with Gasteiger partial charge in [0.05, 0.1) is 12.4 Å². The molecule has 1 aromatic carbocycles. The molecule has 2 N–H and O–H groups in total. The summed E-state index contributed by atoms with van der Waals surface area (Å²) in [7, 11) is -3.19. The summed E-state index contributed by atoms with van der Waals surface area (Å²) in [5.41, 5.74) is 1.85. The van der Waals surface area contributed by atoms with E-state index in [1.54, 1.807) is 11.3 Å². The molecule has 3 rings (SSSR count). The Labute approximate surface area is 163 Å². The maximum Gasteiger partial charge on any atom is 0.223 e. The molecule has 146 valence electrons. The Kier molecular flexibility index (Phi) is 6.31. The van der Waals surface area contributed by atoms with Crippen LogP contribution in [0, 0.1) is 5.92 Å². The zero-order chi connectivity index (χ0) is 19.4. The molecule has 2 heterocycles. The van der Waals surface area contributed by atoms with E-state index in [2.05, 4.69) is 5.32 Å². The third kappa shape index (κ3) is 5.16. The van der Waals surface area contributed by atoms with Crippen LogP contribution in [0.15, 0.2) is 41.8 Å². The van der Waals surface area contributed by atoms with E-state index >= 15 is 0 Å². The van der Waals surface area contributed by atoms with Crippen molar-refractivity contribution in [2.45, 2.75) is 18.9 Å². The molecule has 1 atom stereocenters. The highest BCUT2D eigenvalue weighted by Crippen LogP contribution is 2.26. The Balaban J connectivity index is 1.49. The molecule has 2 aromatic rings. The smallest absolute Gasteiger partial charge is 0.223 e. The fourth-order valence-corrected chi connectivity index (χ4v) is 4.83.